The molecule has 0 heterocycles. The molecule has 1 aromatic rings. The van der Waals surface area contributed by atoms with Crippen molar-refractivity contribution in [3.63, 3.8) is 0 Å². The summed E-state index contributed by atoms with van der Waals surface area (Å²) in [7, 11) is -3.91. The van der Waals surface area contributed by atoms with Crippen molar-refractivity contribution in [2.24, 2.45) is 0 Å². The second-order valence-corrected chi connectivity index (χ2v) is 7.54. The van der Waals surface area contributed by atoms with Gasteiger partial charge in [0.05, 0.1) is 4.90 Å². The molecular weight excluding hydrogens is 258 g/mol. The van der Waals surface area contributed by atoms with Crippen molar-refractivity contribution in [2.75, 3.05) is 29.6 Å². The summed E-state index contributed by atoms with van der Waals surface area (Å²) >= 11 is 0. The molecule has 0 aromatic heterocycles. The molecule has 96 valence electrons. The summed E-state index contributed by atoms with van der Waals surface area (Å²) < 4.78 is 33.6. The Morgan fingerprint density at radius 3 is 2.29 bits per heavy atom. The van der Waals surface area contributed by atoms with Crippen molar-refractivity contribution >= 4 is 26.3 Å². The molecule has 0 aliphatic rings. The quantitative estimate of drug-likeness (QED) is 0.849. The average Bonchev–Trinajstić information content (AvgIpc) is 2.28. The van der Waals surface area contributed by atoms with Crippen LogP contribution in [0.25, 0.3) is 0 Å². The highest BCUT2D eigenvalue weighted by Crippen LogP contribution is 2.13. The number of rotatable bonds is 6. The maximum atomic E-state index is 11.2. The van der Waals surface area contributed by atoms with Crippen LogP contribution in [0, 0.1) is 0 Å². The zero-order valence-corrected chi connectivity index (χ0v) is 11.6. The van der Waals surface area contributed by atoms with Gasteiger partial charge in [-0.1, -0.05) is 6.92 Å². The Kier molecular flexibility index (Phi) is 5.14. The molecule has 0 saturated carbocycles. The van der Waals surface area contributed by atoms with E-state index >= 15 is 0 Å². The molecule has 0 radical (unpaired) electrons. The van der Waals surface area contributed by atoms with Crippen molar-refractivity contribution in [2.45, 2.75) is 11.8 Å². The van der Waals surface area contributed by atoms with Gasteiger partial charge < -0.3 is 5.32 Å². The fourth-order valence-electron chi connectivity index (χ4n) is 1.27. The fourth-order valence-corrected chi connectivity index (χ4v) is 2.52. The Balaban J connectivity index is 2.55. The van der Waals surface area contributed by atoms with Crippen molar-refractivity contribution in [1.29, 1.82) is 0 Å². The van der Waals surface area contributed by atoms with Gasteiger partial charge in [0.1, 0.15) is 0 Å². The van der Waals surface area contributed by atoms with Gasteiger partial charge in [0.25, 0.3) is 0 Å². The third-order valence-electron chi connectivity index (χ3n) is 2.26. The van der Waals surface area contributed by atoms with Gasteiger partial charge in [-0.25, -0.2) is 8.42 Å². The van der Waals surface area contributed by atoms with Crippen molar-refractivity contribution in [3.8, 4) is 0 Å². The van der Waals surface area contributed by atoms with Crippen molar-refractivity contribution in [3.05, 3.63) is 24.3 Å². The molecule has 1 aromatic carbocycles. The van der Waals surface area contributed by atoms with E-state index in [0.717, 1.165) is 5.69 Å². The van der Waals surface area contributed by atoms with Gasteiger partial charge in [0.15, 0.2) is 9.84 Å². The summed E-state index contributed by atoms with van der Waals surface area (Å²) in [5, 5.41) is 3.10. The van der Waals surface area contributed by atoms with Crippen molar-refractivity contribution in [1.82, 2.24) is 0 Å². The van der Waals surface area contributed by atoms with Gasteiger partial charge >= 0.3 is 0 Å². The van der Waals surface area contributed by atoms with Crippen LogP contribution in [0.4, 0.5) is 5.69 Å². The highest BCUT2D eigenvalue weighted by molar-refractivity contribution is 7.90. The minimum Gasteiger partial charge on any atom is -0.384 e. The molecule has 17 heavy (non-hydrogen) atoms. The molecule has 1 atom stereocenters. The summed E-state index contributed by atoms with van der Waals surface area (Å²) in [6.07, 6.45) is 1.18. The van der Waals surface area contributed by atoms with Gasteiger partial charge in [0, 0.05) is 40.8 Å². The normalized spacial score (nSPS) is 13.3. The Morgan fingerprint density at radius 1 is 1.24 bits per heavy atom. The molecule has 1 unspecified atom stereocenters. The van der Waals surface area contributed by atoms with E-state index in [0.29, 0.717) is 22.9 Å². The van der Waals surface area contributed by atoms with E-state index in [2.05, 4.69) is 5.32 Å². The molecule has 0 spiro atoms. The number of anilines is 1. The van der Waals surface area contributed by atoms with Crippen LogP contribution in [-0.2, 0) is 20.6 Å². The van der Waals surface area contributed by atoms with E-state index in [1.165, 1.54) is 6.26 Å². The summed E-state index contributed by atoms with van der Waals surface area (Å²) in [6, 6.07) is 6.55. The van der Waals surface area contributed by atoms with Crippen molar-refractivity contribution < 1.29 is 12.6 Å². The third-order valence-corrected chi connectivity index (χ3v) is 4.70. The molecule has 0 aliphatic carbocycles. The first-order chi connectivity index (χ1) is 7.93. The predicted octanol–water partition coefficient (Wildman–Crippen LogP) is 1.27. The van der Waals surface area contributed by atoms with Crippen LogP contribution in [0.1, 0.15) is 6.92 Å². The lowest BCUT2D eigenvalue weighted by Crippen LogP contribution is -2.11. The van der Waals surface area contributed by atoms with Crippen LogP contribution in [0.15, 0.2) is 29.2 Å². The Bertz CT molecular complexity index is 480. The summed E-state index contributed by atoms with van der Waals surface area (Å²) in [4.78, 5) is 0.306. The first kappa shape index (κ1) is 14.2. The third kappa shape index (κ3) is 4.87. The lowest BCUT2D eigenvalue weighted by molar-refractivity contribution is 0.602. The molecule has 6 heteroatoms. The first-order valence-electron chi connectivity index (χ1n) is 5.32. The fraction of sp³-hybridized carbons (Fsp3) is 0.455. The first-order valence-corrected chi connectivity index (χ1v) is 8.70. The van der Waals surface area contributed by atoms with Crippen LogP contribution in [-0.4, -0.2) is 36.9 Å². The number of sulfone groups is 1. The largest absolute Gasteiger partial charge is 0.384 e. The number of hydrogen-bond acceptors (Lipinski definition) is 4. The van der Waals surface area contributed by atoms with Gasteiger partial charge in [-0.15, -0.1) is 0 Å². The Morgan fingerprint density at radius 2 is 1.82 bits per heavy atom. The van der Waals surface area contributed by atoms with E-state index in [4.69, 9.17) is 0 Å². The standard InChI is InChI=1S/C11H17NO3S2/c1-3-16(13)9-8-12-10-4-6-11(7-5-10)17(2,14)15/h4-7,12H,3,8-9H2,1-2H3. The van der Waals surface area contributed by atoms with E-state index in [9.17, 15) is 12.6 Å². The second kappa shape index (κ2) is 6.16. The molecule has 0 saturated heterocycles. The Labute approximate surface area is 105 Å². The van der Waals surface area contributed by atoms with Crippen LogP contribution < -0.4 is 5.32 Å². The second-order valence-electron chi connectivity index (χ2n) is 3.66. The lowest BCUT2D eigenvalue weighted by Gasteiger charge is -2.06. The van der Waals surface area contributed by atoms with Gasteiger partial charge in [-0.05, 0) is 24.3 Å². The Hall–Kier alpha value is -0.880. The topological polar surface area (TPSA) is 63.2 Å². The molecule has 0 aliphatic heterocycles. The van der Waals surface area contributed by atoms with Crippen LogP contribution in [0.2, 0.25) is 0 Å². The molecular formula is C11H17NO3S2. The molecule has 1 N–H and O–H groups in total. The molecule has 0 bridgehead atoms. The van der Waals surface area contributed by atoms with E-state index in [1.54, 1.807) is 24.3 Å². The average molecular weight is 275 g/mol. The number of hydrogen-bond donors (Lipinski definition) is 1. The highest BCUT2D eigenvalue weighted by atomic mass is 32.2. The molecule has 0 fully saturated rings. The zero-order chi connectivity index (χ0) is 12.9. The van der Waals surface area contributed by atoms with Crippen LogP contribution >= 0.6 is 0 Å². The maximum Gasteiger partial charge on any atom is 0.175 e. The number of benzene rings is 1. The van der Waals surface area contributed by atoms with E-state index in [1.807, 2.05) is 6.92 Å². The van der Waals surface area contributed by atoms with Gasteiger partial charge in [-0.2, -0.15) is 0 Å². The highest BCUT2D eigenvalue weighted by Gasteiger charge is 2.05. The zero-order valence-electron chi connectivity index (χ0n) is 9.97. The monoisotopic (exact) mass is 275 g/mol. The number of nitrogens with one attached hydrogen (secondary N) is 1. The molecule has 4 nitrogen and oxygen atoms in total. The van der Waals surface area contributed by atoms with Gasteiger partial charge in [-0.3, -0.25) is 4.21 Å². The predicted molar refractivity (Wildman–Crippen MR) is 71.6 cm³/mol. The SMILES string of the molecule is CCS(=O)CCNc1ccc(S(C)(=O)=O)cc1. The molecule has 1 rings (SSSR count). The minimum atomic E-state index is -3.13. The summed E-state index contributed by atoms with van der Waals surface area (Å²) in [5.41, 5.74) is 0.838. The van der Waals surface area contributed by atoms with Crippen LogP contribution in [0.5, 0.6) is 0 Å². The summed E-state index contributed by atoms with van der Waals surface area (Å²) in [6.45, 7) is 2.51. The van der Waals surface area contributed by atoms with E-state index < -0.39 is 20.6 Å². The lowest BCUT2D eigenvalue weighted by atomic mass is 10.3. The smallest absolute Gasteiger partial charge is 0.175 e. The summed E-state index contributed by atoms with van der Waals surface area (Å²) in [5.74, 6) is 1.26. The van der Waals surface area contributed by atoms with E-state index in [-0.39, 0.29) is 0 Å². The minimum absolute atomic E-state index is 0.306. The van der Waals surface area contributed by atoms with Crippen LogP contribution in [0.3, 0.4) is 0 Å². The molecule has 0 amide bonds. The van der Waals surface area contributed by atoms with Gasteiger partial charge in [0.2, 0.25) is 0 Å². The maximum absolute atomic E-state index is 11.2.